The molecule has 0 amide bonds. The number of nitrogens with two attached hydrogens (primary N) is 1. The van der Waals surface area contributed by atoms with Crippen molar-refractivity contribution in [2.24, 2.45) is 16.1 Å². The number of nitrogens with one attached hydrogen (secondary N) is 1. The molecule has 0 bridgehead atoms. The molecule has 0 aliphatic heterocycles. The van der Waals surface area contributed by atoms with Gasteiger partial charge in [0.15, 0.2) is 5.96 Å². The third kappa shape index (κ3) is 3.35. The van der Waals surface area contributed by atoms with Crippen LogP contribution < -0.4 is 11.1 Å². The molecule has 2 fully saturated rings. The summed E-state index contributed by atoms with van der Waals surface area (Å²) in [5, 5.41) is 12.7. The maximum Gasteiger partial charge on any atom is 0.188 e. The van der Waals surface area contributed by atoms with Gasteiger partial charge in [0.1, 0.15) is 0 Å². The number of nitrogens with zero attached hydrogens (tertiary/aromatic N) is 1. The van der Waals surface area contributed by atoms with Crippen molar-refractivity contribution in [1.29, 1.82) is 0 Å². The fraction of sp³-hybridized carbons (Fsp3) is 0.923. The second-order valence-electron chi connectivity index (χ2n) is 5.69. The average molecular weight is 239 g/mol. The van der Waals surface area contributed by atoms with Gasteiger partial charge in [-0.15, -0.1) is 0 Å². The number of guanidine groups is 1. The van der Waals surface area contributed by atoms with Crippen LogP contribution in [0.1, 0.15) is 51.4 Å². The van der Waals surface area contributed by atoms with E-state index in [0.717, 1.165) is 12.8 Å². The Balaban J connectivity index is 1.76. The van der Waals surface area contributed by atoms with Crippen LogP contribution in [0.15, 0.2) is 4.99 Å². The molecule has 0 saturated heterocycles. The first-order chi connectivity index (χ1) is 8.24. The minimum absolute atomic E-state index is 0.0405. The van der Waals surface area contributed by atoms with Gasteiger partial charge in [0, 0.05) is 11.5 Å². The maximum atomic E-state index is 9.34. The molecular weight excluding hydrogens is 214 g/mol. The van der Waals surface area contributed by atoms with Crippen molar-refractivity contribution in [2.45, 2.75) is 57.4 Å². The average Bonchev–Trinajstić information content (AvgIpc) is 2.29. The number of rotatable bonds is 4. The first-order valence-electron chi connectivity index (χ1n) is 6.91. The predicted molar refractivity (Wildman–Crippen MR) is 69.9 cm³/mol. The van der Waals surface area contributed by atoms with Crippen molar-refractivity contribution in [2.75, 3.05) is 13.2 Å². The molecule has 2 aliphatic carbocycles. The van der Waals surface area contributed by atoms with Gasteiger partial charge in [-0.05, 0) is 25.7 Å². The Hall–Kier alpha value is -0.770. The van der Waals surface area contributed by atoms with Crippen LogP contribution in [-0.2, 0) is 0 Å². The molecule has 17 heavy (non-hydrogen) atoms. The van der Waals surface area contributed by atoms with Crippen LogP contribution in [-0.4, -0.2) is 30.3 Å². The van der Waals surface area contributed by atoms with E-state index in [0.29, 0.717) is 18.5 Å². The van der Waals surface area contributed by atoms with E-state index in [1.54, 1.807) is 0 Å². The molecular formula is C13H25N3O. The van der Waals surface area contributed by atoms with Gasteiger partial charge in [0.25, 0.3) is 0 Å². The summed E-state index contributed by atoms with van der Waals surface area (Å²) in [4.78, 5) is 4.41. The molecule has 0 radical (unpaired) electrons. The first kappa shape index (κ1) is 12.7. The summed E-state index contributed by atoms with van der Waals surface area (Å²) in [6, 6.07) is 0.513. The van der Waals surface area contributed by atoms with Crippen molar-refractivity contribution in [3.05, 3.63) is 0 Å². The molecule has 0 aromatic rings. The monoisotopic (exact) mass is 239 g/mol. The highest BCUT2D eigenvalue weighted by molar-refractivity contribution is 5.78. The smallest absolute Gasteiger partial charge is 0.188 e. The van der Waals surface area contributed by atoms with Crippen LogP contribution in [0.2, 0.25) is 0 Å². The molecule has 4 N–H and O–H groups in total. The van der Waals surface area contributed by atoms with E-state index in [9.17, 15) is 5.11 Å². The lowest BCUT2D eigenvalue weighted by Crippen LogP contribution is -2.43. The van der Waals surface area contributed by atoms with Gasteiger partial charge in [-0.3, -0.25) is 4.99 Å². The highest BCUT2D eigenvalue weighted by Crippen LogP contribution is 2.40. The summed E-state index contributed by atoms with van der Waals surface area (Å²) < 4.78 is 0. The van der Waals surface area contributed by atoms with Crippen LogP contribution in [0.4, 0.5) is 0 Å². The topological polar surface area (TPSA) is 70.6 Å². The van der Waals surface area contributed by atoms with Crippen molar-refractivity contribution in [3.63, 3.8) is 0 Å². The van der Waals surface area contributed by atoms with Gasteiger partial charge in [0.05, 0.1) is 13.2 Å². The van der Waals surface area contributed by atoms with Crippen LogP contribution in [0.3, 0.4) is 0 Å². The number of hydrogen-bond acceptors (Lipinski definition) is 2. The Bertz CT molecular complexity index is 262. The quantitative estimate of drug-likeness (QED) is 0.513. The minimum Gasteiger partial charge on any atom is -0.396 e. The predicted octanol–water partition coefficient (Wildman–Crippen LogP) is 1.39. The Labute approximate surface area is 104 Å². The Kier molecular flexibility index (Phi) is 4.26. The summed E-state index contributed by atoms with van der Waals surface area (Å²) in [7, 11) is 0. The SMILES string of the molecule is NC(=NCC1(CO)CCC1)NC1CCCCC1. The molecule has 2 saturated carbocycles. The number of aliphatic hydroxyl groups excluding tert-OH is 1. The van der Waals surface area contributed by atoms with Gasteiger partial charge >= 0.3 is 0 Å². The van der Waals surface area contributed by atoms with Crippen LogP contribution in [0, 0.1) is 5.41 Å². The van der Waals surface area contributed by atoms with E-state index < -0.39 is 0 Å². The maximum absolute atomic E-state index is 9.34. The molecule has 2 aliphatic rings. The summed E-state index contributed by atoms with van der Waals surface area (Å²) >= 11 is 0. The lowest BCUT2D eigenvalue weighted by atomic mass is 9.69. The van der Waals surface area contributed by atoms with E-state index in [-0.39, 0.29) is 12.0 Å². The van der Waals surface area contributed by atoms with Gasteiger partial charge in [-0.1, -0.05) is 25.7 Å². The summed E-state index contributed by atoms with van der Waals surface area (Å²) in [6.45, 7) is 0.919. The summed E-state index contributed by atoms with van der Waals surface area (Å²) in [5.74, 6) is 0.566. The fourth-order valence-corrected chi connectivity index (χ4v) is 2.80. The Morgan fingerprint density at radius 2 is 1.94 bits per heavy atom. The zero-order valence-electron chi connectivity index (χ0n) is 10.6. The van der Waals surface area contributed by atoms with Gasteiger partial charge in [0.2, 0.25) is 0 Å². The number of aliphatic imine (C=N–C) groups is 1. The number of hydrogen-bond donors (Lipinski definition) is 3. The normalized spacial score (nSPS) is 25.4. The third-order valence-electron chi connectivity index (χ3n) is 4.29. The van der Waals surface area contributed by atoms with E-state index in [1.807, 2.05) is 0 Å². The molecule has 4 heteroatoms. The molecule has 0 unspecified atom stereocenters. The highest BCUT2D eigenvalue weighted by Gasteiger charge is 2.36. The minimum atomic E-state index is 0.0405. The summed E-state index contributed by atoms with van der Waals surface area (Å²) in [6.07, 6.45) is 9.75. The van der Waals surface area contributed by atoms with Crippen LogP contribution in [0.5, 0.6) is 0 Å². The molecule has 0 heterocycles. The molecule has 0 aromatic carbocycles. The van der Waals surface area contributed by atoms with Crippen molar-refractivity contribution >= 4 is 5.96 Å². The Morgan fingerprint density at radius 3 is 2.47 bits per heavy atom. The van der Waals surface area contributed by atoms with E-state index in [2.05, 4.69) is 10.3 Å². The third-order valence-corrected chi connectivity index (χ3v) is 4.29. The second-order valence-corrected chi connectivity index (χ2v) is 5.69. The molecule has 0 atom stereocenters. The lowest BCUT2D eigenvalue weighted by molar-refractivity contribution is 0.0539. The molecule has 0 spiro atoms. The van der Waals surface area contributed by atoms with Crippen LogP contribution >= 0.6 is 0 Å². The van der Waals surface area contributed by atoms with Crippen LogP contribution in [0.25, 0.3) is 0 Å². The van der Waals surface area contributed by atoms with E-state index in [1.165, 1.54) is 38.5 Å². The zero-order valence-corrected chi connectivity index (χ0v) is 10.6. The first-order valence-corrected chi connectivity index (χ1v) is 6.91. The number of aliphatic hydroxyl groups is 1. The van der Waals surface area contributed by atoms with Crippen molar-refractivity contribution in [3.8, 4) is 0 Å². The lowest BCUT2D eigenvalue weighted by Gasteiger charge is -2.39. The van der Waals surface area contributed by atoms with Gasteiger partial charge in [-0.25, -0.2) is 0 Å². The molecule has 2 rings (SSSR count). The second kappa shape index (κ2) is 5.71. The fourth-order valence-electron chi connectivity index (χ4n) is 2.80. The molecule has 98 valence electrons. The van der Waals surface area contributed by atoms with Gasteiger partial charge < -0.3 is 16.2 Å². The van der Waals surface area contributed by atoms with E-state index in [4.69, 9.17) is 5.73 Å². The standard InChI is InChI=1S/C13H25N3O/c14-12(16-11-5-2-1-3-6-11)15-9-13(10-17)7-4-8-13/h11,17H,1-10H2,(H3,14,15,16). The van der Waals surface area contributed by atoms with E-state index >= 15 is 0 Å². The van der Waals surface area contributed by atoms with Gasteiger partial charge in [-0.2, -0.15) is 0 Å². The molecule has 0 aromatic heterocycles. The molecule has 4 nitrogen and oxygen atoms in total. The zero-order chi connectivity index (χ0) is 12.1. The largest absolute Gasteiger partial charge is 0.396 e. The van der Waals surface area contributed by atoms with Crippen molar-refractivity contribution < 1.29 is 5.11 Å². The highest BCUT2D eigenvalue weighted by atomic mass is 16.3. The Morgan fingerprint density at radius 1 is 1.24 bits per heavy atom. The van der Waals surface area contributed by atoms with Crippen molar-refractivity contribution in [1.82, 2.24) is 5.32 Å². The summed E-state index contributed by atoms with van der Waals surface area (Å²) in [5.41, 5.74) is 5.94.